The molecule has 0 amide bonds. The molecule has 6 nitrogen and oxygen atoms in total. The van der Waals surface area contributed by atoms with Gasteiger partial charge in [0.15, 0.2) is 0 Å². The number of alkyl halides is 1. The Morgan fingerprint density at radius 2 is 1.82 bits per heavy atom. The lowest BCUT2D eigenvalue weighted by molar-refractivity contribution is -0.227. The summed E-state index contributed by atoms with van der Waals surface area (Å²) in [5.41, 5.74) is 3.29. The van der Waals surface area contributed by atoms with E-state index in [9.17, 15) is 19.7 Å². The van der Waals surface area contributed by atoms with Gasteiger partial charge in [0.25, 0.3) is 0 Å². The highest BCUT2D eigenvalue weighted by atomic mass is 35.5. The van der Waals surface area contributed by atoms with Crippen molar-refractivity contribution in [1.82, 2.24) is 0 Å². The molecular weight excluding hydrogens is 449 g/mol. The number of halogens is 2. The number of ether oxygens (including phenoxy) is 2. The summed E-state index contributed by atoms with van der Waals surface area (Å²) in [4.78, 5) is 0. The largest absolute Gasteiger partial charge is 0.483 e. The molecule has 3 aliphatic rings. The van der Waals surface area contributed by atoms with E-state index in [4.69, 9.17) is 21.1 Å². The quantitative estimate of drug-likeness (QED) is 0.538. The lowest BCUT2D eigenvalue weighted by atomic mass is 9.90. The van der Waals surface area contributed by atoms with Gasteiger partial charge in [0.1, 0.15) is 48.5 Å². The van der Waals surface area contributed by atoms with E-state index in [0.29, 0.717) is 17.0 Å². The summed E-state index contributed by atoms with van der Waals surface area (Å²) >= 11 is 6.46. The van der Waals surface area contributed by atoms with Gasteiger partial charge in [-0.1, -0.05) is 29.8 Å². The number of hydrogen-bond acceptors (Lipinski definition) is 6. The second kappa shape index (κ2) is 9.04. The predicted octanol–water partition coefficient (Wildman–Crippen LogP) is 3.54. The van der Waals surface area contributed by atoms with Crippen LogP contribution in [0.3, 0.4) is 0 Å². The van der Waals surface area contributed by atoms with Crippen molar-refractivity contribution in [2.24, 2.45) is 0 Å². The van der Waals surface area contributed by atoms with Crippen LogP contribution in [0.2, 0.25) is 5.02 Å². The van der Waals surface area contributed by atoms with Crippen LogP contribution >= 0.6 is 11.6 Å². The van der Waals surface area contributed by atoms with Gasteiger partial charge in [-0.15, -0.1) is 0 Å². The number of fused-ring (bicyclic) bond motifs is 1. The molecule has 2 aromatic rings. The number of anilines is 1. The van der Waals surface area contributed by atoms with Gasteiger partial charge in [-0.2, -0.15) is 0 Å². The fraction of sp³-hybridized carbons (Fsp3) is 0.520. The third-order valence-electron chi connectivity index (χ3n) is 7.14. The lowest BCUT2D eigenvalue weighted by Gasteiger charge is -2.40. The molecule has 178 valence electrons. The molecule has 5 unspecified atom stereocenters. The van der Waals surface area contributed by atoms with Gasteiger partial charge in [-0.05, 0) is 67.0 Å². The average molecular weight is 478 g/mol. The van der Waals surface area contributed by atoms with Gasteiger partial charge in [0.05, 0.1) is 12.2 Å². The Morgan fingerprint density at radius 3 is 2.58 bits per heavy atom. The zero-order chi connectivity index (χ0) is 23.2. The van der Waals surface area contributed by atoms with Crippen molar-refractivity contribution < 1.29 is 29.2 Å². The third-order valence-corrected chi connectivity index (χ3v) is 7.51. The molecule has 1 saturated heterocycles. The van der Waals surface area contributed by atoms with Crippen LogP contribution in [0.5, 0.6) is 5.75 Å². The van der Waals surface area contributed by atoms with E-state index in [2.05, 4.69) is 11.4 Å². The van der Waals surface area contributed by atoms with Crippen molar-refractivity contribution in [3.05, 3.63) is 58.1 Å². The molecule has 1 aliphatic carbocycles. The summed E-state index contributed by atoms with van der Waals surface area (Å²) in [7, 11) is 0. The van der Waals surface area contributed by atoms with Gasteiger partial charge < -0.3 is 30.1 Å². The standard InChI is InChI=1S/C25H29ClFNO5/c26-17-5-4-15(24-23(31)22(30)21(29)20(12-27)32-24)11-16(17)9-14-3-6-19-18(10-14)28-13-25(33-19)7-1-2-8-25/h3-6,10-11,20-24,28-31H,1-2,7-9,12-13H2. The van der Waals surface area contributed by atoms with Crippen LogP contribution < -0.4 is 10.1 Å². The number of nitrogens with one attached hydrogen (secondary N) is 1. The molecule has 2 fully saturated rings. The molecule has 5 rings (SSSR count). The molecule has 1 spiro atoms. The van der Waals surface area contributed by atoms with Gasteiger partial charge in [-0.3, -0.25) is 0 Å². The first-order chi connectivity index (χ1) is 15.9. The number of aliphatic hydroxyl groups is 3. The van der Waals surface area contributed by atoms with Crippen molar-refractivity contribution in [3.8, 4) is 5.75 Å². The van der Waals surface area contributed by atoms with E-state index in [1.807, 2.05) is 12.1 Å². The number of benzene rings is 2. The third kappa shape index (κ3) is 4.33. The fourth-order valence-electron chi connectivity index (χ4n) is 5.22. The summed E-state index contributed by atoms with van der Waals surface area (Å²) in [6.45, 7) is -0.159. The van der Waals surface area contributed by atoms with E-state index in [1.165, 1.54) is 12.8 Å². The Balaban J connectivity index is 1.36. The first-order valence-electron chi connectivity index (χ1n) is 11.5. The van der Waals surface area contributed by atoms with Gasteiger partial charge >= 0.3 is 0 Å². The summed E-state index contributed by atoms with van der Waals surface area (Å²) in [5.74, 6) is 0.871. The van der Waals surface area contributed by atoms with Crippen LogP contribution in [0.1, 0.15) is 48.5 Å². The fourth-order valence-corrected chi connectivity index (χ4v) is 5.40. The maximum absolute atomic E-state index is 13.3. The molecular formula is C25H29ClFNO5. The van der Waals surface area contributed by atoms with Crippen LogP contribution in [0, 0.1) is 0 Å². The molecule has 5 atom stereocenters. The zero-order valence-corrected chi connectivity index (χ0v) is 19.0. The molecule has 33 heavy (non-hydrogen) atoms. The molecule has 0 bridgehead atoms. The Hall–Kier alpha value is -1.90. The first kappa shape index (κ1) is 22.9. The van der Waals surface area contributed by atoms with Crippen molar-refractivity contribution in [3.63, 3.8) is 0 Å². The van der Waals surface area contributed by atoms with E-state index < -0.39 is 37.2 Å². The van der Waals surface area contributed by atoms with Gasteiger partial charge in [0, 0.05) is 5.02 Å². The summed E-state index contributed by atoms with van der Waals surface area (Å²) in [5, 5.41) is 34.6. The SMILES string of the molecule is OC1C(CF)OC(c2ccc(Cl)c(Cc3ccc4c(c3)NCC3(CCCC3)O4)c2)C(O)C1O. The highest BCUT2D eigenvalue weighted by Gasteiger charge is 2.44. The Labute approximate surface area is 197 Å². The first-order valence-corrected chi connectivity index (χ1v) is 11.9. The van der Waals surface area contributed by atoms with E-state index in [-0.39, 0.29) is 5.60 Å². The minimum absolute atomic E-state index is 0.0808. The van der Waals surface area contributed by atoms with Gasteiger partial charge in [-0.25, -0.2) is 4.39 Å². The topological polar surface area (TPSA) is 91.2 Å². The number of aliphatic hydroxyl groups excluding tert-OH is 3. The predicted molar refractivity (Wildman–Crippen MR) is 123 cm³/mol. The van der Waals surface area contributed by atoms with Crippen molar-refractivity contribution >= 4 is 17.3 Å². The summed E-state index contributed by atoms with van der Waals surface area (Å²) < 4.78 is 25.2. The smallest absolute Gasteiger partial charge is 0.143 e. The molecule has 2 aliphatic heterocycles. The number of rotatable bonds is 4. The van der Waals surface area contributed by atoms with Crippen molar-refractivity contribution in [2.75, 3.05) is 18.5 Å². The Bertz CT molecular complexity index is 1010. The molecule has 1 saturated carbocycles. The Morgan fingerprint density at radius 1 is 1.03 bits per heavy atom. The zero-order valence-electron chi connectivity index (χ0n) is 18.2. The molecule has 0 aromatic heterocycles. The van der Waals surface area contributed by atoms with Crippen molar-refractivity contribution in [1.29, 1.82) is 0 Å². The van der Waals surface area contributed by atoms with Crippen molar-refractivity contribution in [2.45, 2.75) is 68.2 Å². The molecule has 8 heteroatoms. The van der Waals surface area contributed by atoms with Crippen LogP contribution in [0.25, 0.3) is 0 Å². The second-order valence-corrected chi connectivity index (χ2v) is 9.83. The molecule has 2 aromatic carbocycles. The van der Waals surface area contributed by atoms with E-state index in [1.54, 1.807) is 18.2 Å². The highest BCUT2D eigenvalue weighted by molar-refractivity contribution is 6.31. The normalized spacial score (nSPS) is 30.5. The molecule has 2 heterocycles. The van der Waals surface area contributed by atoms with E-state index in [0.717, 1.165) is 42.0 Å². The van der Waals surface area contributed by atoms with Crippen LogP contribution in [-0.4, -0.2) is 58.6 Å². The lowest BCUT2D eigenvalue weighted by Crippen LogP contribution is -2.54. The minimum Gasteiger partial charge on any atom is -0.483 e. The maximum atomic E-state index is 13.3. The maximum Gasteiger partial charge on any atom is 0.143 e. The van der Waals surface area contributed by atoms with Crippen LogP contribution in [-0.2, 0) is 11.2 Å². The monoisotopic (exact) mass is 477 g/mol. The molecule has 0 radical (unpaired) electrons. The molecule has 4 N–H and O–H groups in total. The summed E-state index contributed by atoms with van der Waals surface area (Å²) in [6, 6.07) is 11.3. The van der Waals surface area contributed by atoms with Crippen LogP contribution in [0.15, 0.2) is 36.4 Å². The van der Waals surface area contributed by atoms with E-state index >= 15 is 0 Å². The summed E-state index contributed by atoms with van der Waals surface area (Å²) in [6.07, 6.45) is -1.46. The van der Waals surface area contributed by atoms with Gasteiger partial charge in [0.2, 0.25) is 0 Å². The highest BCUT2D eigenvalue weighted by Crippen LogP contribution is 2.42. The average Bonchev–Trinajstić information content (AvgIpc) is 3.27. The van der Waals surface area contributed by atoms with Crippen LogP contribution in [0.4, 0.5) is 10.1 Å². The number of hydrogen-bond donors (Lipinski definition) is 4. The second-order valence-electron chi connectivity index (χ2n) is 9.43. The Kier molecular flexibility index (Phi) is 6.27. The minimum atomic E-state index is -1.50.